The van der Waals surface area contributed by atoms with E-state index in [1.807, 2.05) is 0 Å². The van der Waals surface area contributed by atoms with Gasteiger partial charge >= 0.3 is 0 Å². The highest BCUT2D eigenvalue weighted by Gasteiger charge is 2.21. The van der Waals surface area contributed by atoms with E-state index in [1.165, 1.54) is 35.2 Å². The smallest absolute Gasteiger partial charge is 0.265 e. The largest absolute Gasteiger partial charge is 0.507 e. The van der Waals surface area contributed by atoms with E-state index in [0.717, 1.165) is 0 Å². The van der Waals surface area contributed by atoms with E-state index < -0.39 is 10.0 Å². The number of hydrogen-bond donors (Lipinski definition) is 2. The third-order valence-electron chi connectivity index (χ3n) is 3.27. The molecule has 0 aliphatic rings. The molecule has 0 atom stereocenters. The summed E-state index contributed by atoms with van der Waals surface area (Å²) in [6.45, 7) is 1.71. The van der Waals surface area contributed by atoms with E-state index in [-0.39, 0.29) is 32.8 Å². The van der Waals surface area contributed by atoms with Gasteiger partial charge in [0.25, 0.3) is 15.9 Å². The van der Waals surface area contributed by atoms with Crippen molar-refractivity contribution < 1.29 is 18.3 Å². The molecule has 0 aromatic heterocycles. The Morgan fingerprint density at radius 2 is 1.83 bits per heavy atom. The van der Waals surface area contributed by atoms with Gasteiger partial charge in [0.1, 0.15) is 10.6 Å². The van der Waals surface area contributed by atoms with E-state index >= 15 is 0 Å². The van der Waals surface area contributed by atoms with E-state index in [0.29, 0.717) is 5.56 Å². The third-order valence-corrected chi connectivity index (χ3v) is 4.99. The van der Waals surface area contributed by atoms with Gasteiger partial charge in [-0.3, -0.25) is 9.52 Å². The van der Waals surface area contributed by atoms with Crippen LogP contribution in [0.3, 0.4) is 0 Å². The summed E-state index contributed by atoms with van der Waals surface area (Å²) in [4.78, 5) is 13.1. The SMILES string of the molecule is Cc1ccc(O)c(S(=O)(=O)Nc2cc(C(=O)N(C)C)ccc2Cl)c1. The number of rotatable bonds is 4. The first kappa shape index (κ1) is 18.1. The number of nitrogens with one attached hydrogen (secondary N) is 1. The van der Waals surface area contributed by atoms with Crippen LogP contribution in [0.15, 0.2) is 41.3 Å². The molecule has 0 spiro atoms. The highest BCUT2D eigenvalue weighted by atomic mass is 35.5. The summed E-state index contributed by atoms with van der Waals surface area (Å²) in [5, 5.41) is 9.96. The first-order valence-electron chi connectivity index (χ1n) is 6.95. The lowest BCUT2D eigenvalue weighted by Gasteiger charge is -2.14. The predicted molar refractivity (Wildman–Crippen MR) is 93.1 cm³/mol. The number of amides is 1. The quantitative estimate of drug-likeness (QED) is 0.868. The Morgan fingerprint density at radius 1 is 1.17 bits per heavy atom. The molecule has 0 fully saturated rings. The summed E-state index contributed by atoms with van der Waals surface area (Å²) in [5.41, 5.74) is 1.02. The number of phenols is 1. The molecule has 0 saturated heterocycles. The zero-order valence-corrected chi connectivity index (χ0v) is 14.9. The summed E-state index contributed by atoms with van der Waals surface area (Å²) in [5.74, 6) is -0.657. The Bertz CT molecular complexity index is 895. The van der Waals surface area contributed by atoms with Crippen LogP contribution in [0.4, 0.5) is 5.69 Å². The van der Waals surface area contributed by atoms with Crippen LogP contribution < -0.4 is 4.72 Å². The van der Waals surface area contributed by atoms with Crippen molar-refractivity contribution in [2.24, 2.45) is 0 Å². The molecular weight excluding hydrogens is 352 g/mol. The van der Waals surface area contributed by atoms with Crippen molar-refractivity contribution in [1.82, 2.24) is 4.90 Å². The second-order valence-corrected chi connectivity index (χ2v) is 7.53. The number of nitrogens with zero attached hydrogens (tertiary/aromatic N) is 1. The number of aromatic hydroxyl groups is 1. The lowest BCUT2D eigenvalue weighted by molar-refractivity contribution is 0.0827. The van der Waals surface area contributed by atoms with Crippen LogP contribution in [0.5, 0.6) is 5.75 Å². The van der Waals surface area contributed by atoms with Gasteiger partial charge in [0.05, 0.1) is 10.7 Å². The van der Waals surface area contributed by atoms with Crippen molar-refractivity contribution in [3.05, 3.63) is 52.5 Å². The molecule has 2 N–H and O–H groups in total. The topological polar surface area (TPSA) is 86.7 Å². The Labute approximate surface area is 145 Å². The Kier molecular flexibility index (Phi) is 5.05. The molecule has 128 valence electrons. The average molecular weight is 369 g/mol. The number of halogens is 1. The van der Waals surface area contributed by atoms with Crippen LogP contribution in [-0.4, -0.2) is 38.4 Å². The van der Waals surface area contributed by atoms with Crippen LogP contribution in [-0.2, 0) is 10.0 Å². The molecule has 8 heteroatoms. The molecule has 0 aliphatic heterocycles. The van der Waals surface area contributed by atoms with Gasteiger partial charge in [-0.2, -0.15) is 0 Å². The number of sulfonamides is 1. The van der Waals surface area contributed by atoms with Crippen LogP contribution in [0.2, 0.25) is 5.02 Å². The standard InChI is InChI=1S/C16H17ClN2O4S/c1-10-4-7-14(20)15(8-10)24(22,23)18-13-9-11(5-6-12(13)17)16(21)19(2)3/h4-9,18,20H,1-3H3. The van der Waals surface area contributed by atoms with Crippen molar-refractivity contribution in [3.63, 3.8) is 0 Å². The van der Waals surface area contributed by atoms with E-state index in [9.17, 15) is 18.3 Å². The van der Waals surface area contributed by atoms with Crippen molar-refractivity contribution in [2.75, 3.05) is 18.8 Å². The minimum Gasteiger partial charge on any atom is -0.507 e. The molecule has 0 bridgehead atoms. The first-order valence-corrected chi connectivity index (χ1v) is 8.81. The maximum atomic E-state index is 12.5. The Morgan fingerprint density at radius 3 is 2.46 bits per heavy atom. The molecule has 0 heterocycles. The maximum Gasteiger partial charge on any atom is 0.265 e. The fraction of sp³-hybridized carbons (Fsp3) is 0.188. The van der Waals surface area contributed by atoms with E-state index in [1.54, 1.807) is 27.1 Å². The lowest BCUT2D eigenvalue weighted by Crippen LogP contribution is -2.22. The summed E-state index contributed by atoms with van der Waals surface area (Å²) in [6, 6.07) is 8.55. The average Bonchev–Trinajstić information content (AvgIpc) is 2.50. The van der Waals surface area contributed by atoms with Crippen LogP contribution in [0.25, 0.3) is 0 Å². The Hall–Kier alpha value is -2.25. The Balaban J connectivity index is 2.44. The van der Waals surface area contributed by atoms with Gasteiger partial charge in [-0.25, -0.2) is 8.42 Å². The highest BCUT2D eigenvalue weighted by Crippen LogP contribution is 2.29. The zero-order valence-electron chi connectivity index (χ0n) is 13.4. The van der Waals surface area contributed by atoms with Crippen molar-refractivity contribution in [2.45, 2.75) is 11.8 Å². The molecule has 24 heavy (non-hydrogen) atoms. The van der Waals surface area contributed by atoms with Crippen molar-refractivity contribution in [1.29, 1.82) is 0 Å². The zero-order chi connectivity index (χ0) is 18.1. The van der Waals surface area contributed by atoms with Gasteiger partial charge in [0, 0.05) is 19.7 Å². The van der Waals surface area contributed by atoms with Crippen LogP contribution in [0, 0.1) is 6.92 Å². The molecule has 0 saturated carbocycles. The number of benzene rings is 2. The maximum absolute atomic E-state index is 12.5. The fourth-order valence-electron chi connectivity index (χ4n) is 2.03. The number of hydrogen-bond acceptors (Lipinski definition) is 4. The molecule has 2 aromatic rings. The number of phenolic OH excluding ortho intramolecular Hbond substituents is 1. The minimum atomic E-state index is -4.06. The highest BCUT2D eigenvalue weighted by molar-refractivity contribution is 7.92. The van der Waals surface area contributed by atoms with E-state index in [2.05, 4.69) is 4.72 Å². The van der Waals surface area contributed by atoms with Gasteiger partial charge in [-0.15, -0.1) is 0 Å². The predicted octanol–water partition coefficient (Wildman–Crippen LogP) is 2.86. The van der Waals surface area contributed by atoms with Gasteiger partial charge in [0.2, 0.25) is 0 Å². The minimum absolute atomic E-state index is 0.0604. The number of anilines is 1. The molecule has 0 radical (unpaired) electrons. The molecule has 1 amide bonds. The monoisotopic (exact) mass is 368 g/mol. The van der Waals surface area contributed by atoms with Gasteiger partial charge in [-0.1, -0.05) is 17.7 Å². The molecule has 0 unspecified atom stereocenters. The lowest BCUT2D eigenvalue weighted by atomic mass is 10.2. The van der Waals surface area contributed by atoms with Gasteiger partial charge in [0.15, 0.2) is 0 Å². The summed E-state index contributed by atoms with van der Waals surface area (Å²) < 4.78 is 27.3. The molecule has 2 rings (SSSR count). The number of aryl methyl sites for hydroxylation is 1. The summed E-state index contributed by atoms with van der Waals surface area (Å²) >= 11 is 6.03. The molecule has 0 aliphatic carbocycles. The number of carbonyl (C=O) groups excluding carboxylic acids is 1. The van der Waals surface area contributed by atoms with Crippen LogP contribution in [0.1, 0.15) is 15.9 Å². The van der Waals surface area contributed by atoms with Crippen molar-refractivity contribution >= 4 is 33.2 Å². The summed E-state index contributed by atoms with van der Waals surface area (Å²) in [7, 11) is -0.883. The molecule has 2 aromatic carbocycles. The summed E-state index contributed by atoms with van der Waals surface area (Å²) in [6.07, 6.45) is 0. The third kappa shape index (κ3) is 3.80. The molecule has 6 nitrogen and oxygen atoms in total. The first-order chi connectivity index (χ1) is 11.1. The van der Waals surface area contributed by atoms with Gasteiger partial charge < -0.3 is 10.0 Å². The fourth-order valence-corrected chi connectivity index (χ4v) is 3.50. The second kappa shape index (κ2) is 6.70. The van der Waals surface area contributed by atoms with Gasteiger partial charge in [-0.05, 0) is 42.8 Å². The van der Waals surface area contributed by atoms with Crippen molar-refractivity contribution in [3.8, 4) is 5.75 Å². The van der Waals surface area contributed by atoms with E-state index in [4.69, 9.17) is 11.6 Å². The number of carbonyl (C=O) groups is 1. The molecular formula is C16H17ClN2O4S. The second-order valence-electron chi connectivity index (χ2n) is 5.47. The normalized spacial score (nSPS) is 11.2. The van der Waals surface area contributed by atoms with Crippen LogP contribution >= 0.6 is 11.6 Å².